The molecule has 0 aliphatic carbocycles. The molecule has 4 aromatic carbocycles. The van der Waals surface area contributed by atoms with Crippen molar-refractivity contribution in [3.8, 4) is 0 Å². The number of thiophene rings is 2. The van der Waals surface area contributed by atoms with Crippen LogP contribution in [0.4, 0.5) is 13.2 Å². The Balaban J connectivity index is -0.00000157. The zero-order chi connectivity index (χ0) is 115. The van der Waals surface area contributed by atoms with Crippen LogP contribution in [0.5, 0.6) is 0 Å². The monoisotopic (exact) mass is 2230 g/mol. The maximum atomic E-state index is 12.2. The van der Waals surface area contributed by atoms with Gasteiger partial charge in [-0.1, -0.05) is 154 Å². The van der Waals surface area contributed by atoms with Crippen molar-refractivity contribution in [2.24, 2.45) is 51.6 Å². The van der Waals surface area contributed by atoms with Gasteiger partial charge in [-0.05, 0) is 219 Å². The van der Waals surface area contributed by atoms with Crippen LogP contribution in [0, 0.1) is 0 Å². The molecule has 43 nitrogen and oxygen atoms in total. The average Bonchev–Trinajstić information content (AvgIpc) is 0.948. The number of nitrogens with zero attached hydrogens (tertiary/aromatic N) is 4. The first-order valence-electron chi connectivity index (χ1n) is 45.3. The first kappa shape index (κ1) is 140. The first-order chi connectivity index (χ1) is 70.3. The van der Waals surface area contributed by atoms with Crippen molar-refractivity contribution in [2.45, 2.75) is 202 Å². The molecule has 6 heterocycles. The number of nitrogens with two attached hydrogens (primary N) is 9. The topological polar surface area (TPSA) is 819 Å². The molecule has 0 saturated heterocycles. The lowest BCUT2D eigenvalue weighted by atomic mass is 9.86. The Kier molecular flexibility index (Phi) is 75.1. The third kappa shape index (κ3) is 71.7. The van der Waals surface area contributed by atoms with Gasteiger partial charge < -0.3 is 139 Å². The Labute approximate surface area is 886 Å². The molecule has 0 unspecified atom stereocenters. The number of carbonyl (C=O) groups is 13. The lowest BCUT2D eigenvalue weighted by Gasteiger charge is -2.19. The zero-order valence-electron chi connectivity index (χ0n) is 84.0. The molecule has 0 bridgehead atoms. The Morgan fingerprint density at radius 1 is 0.360 bits per heavy atom. The highest BCUT2D eigenvalue weighted by Gasteiger charge is 2.30. The largest absolute Gasteiger partial charge is 0.480 e. The highest BCUT2D eigenvalue weighted by molar-refractivity contribution is 9.10. The Hall–Kier alpha value is -13.8. The van der Waals surface area contributed by atoms with Crippen molar-refractivity contribution in [1.29, 1.82) is 0 Å². The van der Waals surface area contributed by atoms with E-state index in [9.17, 15) is 75.5 Å². The number of hydrogen-bond acceptors (Lipinski definition) is 33. The molecule has 826 valence electrons. The van der Waals surface area contributed by atoms with Gasteiger partial charge >= 0.3 is 83.8 Å². The van der Waals surface area contributed by atoms with E-state index in [-0.39, 0.29) is 30.8 Å². The predicted molar refractivity (Wildman–Crippen MR) is 566 cm³/mol. The summed E-state index contributed by atoms with van der Waals surface area (Å²) < 4.78 is 37.5. The predicted octanol–water partition coefficient (Wildman–Crippen LogP) is 7.33. The van der Waals surface area contributed by atoms with E-state index < -0.39 is 156 Å². The second-order valence-corrected chi connectivity index (χ2v) is 36.2. The number of benzene rings is 4. The highest BCUT2D eigenvalue weighted by Crippen LogP contribution is 2.29. The summed E-state index contributed by atoms with van der Waals surface area (Å²) in [4.78, 5) is 150. The van der Waals surface area contributed by atoms with Crippen molar-refractivity contribution in [3.05, 3.63) is 293 Å². The number of halogens is 4. The second kappa shape index (κ2) is 80.3. The number of aromatic nitrogens is 4. The van der Waals surface area contributed by atoms with Gasteiger partial charge in [-0.25, -0.2) is 4.98 Å². The van der Waals surface area contributed by atoms with Gasteiger partial charge in [0.15, 0.2) is 0 Å². The fourth-order valence-corrected chi connectivity index (χ4v) is 12.8. The summed E-state index contributed by atoms with van der Waals surface area (Å²) in [7, 11) is 6.53. The number of carboxylic acids is 13. The van der Waals surface area contributed by atoms with E-state index in [1.165, 1.54) is 40.4 Å². The quantitative estimate of drug-likeness (QED) is 0.0179. The zero-order valence-corrected chi connectivity index (χ0v) is 88.1. The molecule has 0 saturated carbocycles. The van der Waals surface area contributed by atoms with Gasteiger partial charge in [0.05, 0.1) is 23.3 Å². The van der Waals surface area contributed by atoms with Crippen molar-refractivity contribution >= 4 is 128 Å². The van der Waals surface area contributed by atoms with E-state index in [1.807, 2.05) is 113 Å². The summed E-state index contributed by atoms with van der Waals surface area (Å²) in [6.45, 7) is 10.1. The number of thiazole rings is 1. The lowest BCUT2D eigenvalue weighted by molar-refractivity contribution is -0.140. The number of pyridine rings is 3. The number of rotatable bonds is 40. The Morgan fingerprint density at radius 3 is 1.07 bits per heavy atom. The summed E-state index contributed by atoms with van der Waals surface area (Å²) in [6, 6.07) is 38.3. The molecular formula is C100H139BrF3N17O26S3. The number of likely N-dealkylation sites (N-methyl/N-ethyl adjacent to an activating group) is 4. The summed E-state index contributed by atoms with van der Waals surface area (Å²) in [5.41, 5.74) is 57.7. The van der Waals surface area contributed by atoms with E-state index in [2.05, 4.69) is 84.8 Å². The number of aliphatic carboxylic acids is 13. The molecular weight excluding hydrogens is 2090 g/mol. The van der Waals surface area contributed by atoms with E-state index in [0.717, 1.165) is 79.8 Å². The molecule has 0 spiro atoms. The van der Waals surface area contributed by atoms with Crippen LogP contribution in [0.3, 0.4) is 0 Å². The molecule has 50 heteroatoms. The maximum absolute atomic E-state index is 12.2. The minimum Gasteiger partial charge on any atom is -0.480 e. The number of nitrogens with one attached hydrogen (secondary N) is 4. The first-order valence-corrected chi connectivity index (χ1v) is 48.9. The summed E-state index contributed by atoms with van der Waals surface area (Å²) in [6.07, 6.45) is 9.81. The second-order valence-electron chi connectivity index (χ2n) is 32.8. The number of alkyl halides is 3. The van der Waals surface area contributed by atoms with Crippen LogP contribution in [-0.2, 0) is 138 Å². The van der Waals surface area contributed by atoms with Gasteiger partial charge in [0.25, 0.3) is 0 Å². The van der Waals surface area contributed by atoms with Gasteiger partial charge in [0, 0.05) is 70.7 Å². The molecule has 0 aliphatic rings. The molecule has 10 aromatic rings. The van der Waals surface area contributed by atoms with Gasteiger partial charge in [0.2, 0.25) is 0 Å². The summed E-state index contributed by atoms with van der Waals surface area (Å²) >= 11 is 7.80. The van der Waals surface area contributed by atoms with Crippen molar-refractivity contribution in [3.63, 3.8) is 0 Å². The van der Waals surface area contributed by atoms with E-state index in [4.69, 9.17) is 118 Å². The van der Waals surface area contributed by atoms with Crippen LogP contribution in [0.2, 0.25) is 0 Å². The summed E-state index contributed by atoms with van der Waals surface area (Å²) in [5.74, 6) is -12.2. The van der Waals surface area contributed by atoms with Gasteiger partial charge in [-0.15, -0.1) is 22.7 Å². The number of unbranched alkanes of at least 4 members (excludes halogenated alkanes) is 1. The van der Waals surface area contributed by atoms with E-state index >= 15 is 0 Å². The number of hydrogen-bond donors (Lipinski definition) is 26. The minimum atomic E-state index is -4.38. The van der Waals surface area contributed by atoms with Crippen LogP contribution in [0.15, 0.2) is 226 Å². The third-order valence-electron chi connectivity index (χ3n) is 19.3. The SMILES string of the molecule is CC(C)(C)c1ccc(C[C@H](N)C(=O)O)cc1.CCCC[C@H](NC)C(=O)O.CNCC(=O)O.CN[C@@H](C)C(=O)O.CN[C@@H](Cc1ccccc1)C(=O)O.N[C@@H](Cc1ccc(Br)cc1)C(=O)O.N[C@@H](Cc1ccc(C(F)(F)F)cc1)C(=O)O.N[C@@H](Cc1ccccn1)C(=O)O.N[C@@H](Cc1cccnc1)C(=O)O.N[C@@H](Cc1cccs1)C(=O)O.N[C@@H](Cc1ccncc1)C(=O)O.N[C@@H](Cc1ccsc1)C(=O)O.N[C@@H](Cc1cscn1)C(=O)O. The van der Waals surface area contributed by atoms with Gasteiger partial charge in [-0.2, -0.15) is 24.5 Å². The fourth-order valence-electron chi connectivity index (χ4n) is 10.5. The van der Waals surface area contributed by atoms with E-state index in [1.54, 1.807) is 131 Å². The van der Waals surface area contributed by atoms with Gasteiger partial charge in [-0.3, -0.25) is 77.3 Å². The molecule has 0 radical (unpaired) electrons. The van der Waals surface area contributed by atoms with Gasteiger partial charge in [0.1, 0.15) is 72.5 Å². The third-order valence-corrected chi connectivity index (χ3v) is 22.1. The van der Waals surface area contributed by atoms with Crippen molar-refractivity contribution in [2.75, 3.05) is 34.7 Å². The van der Waals surface area contributed by atoms with Crippen molar-refractivity contribution in [1.82, 2.24) is 41.2 Å². The van der Waals surface area contributed by atoms with Crippen LogP contribution < -0.4 is 72.9 Å². The van der Waals surface area contributed by atoms with Crippen molar-refractivity contribution < 1.29 is 142 Å². The smallest absolute Gasteiger partial charge is 0.416 e. The average molecular weight is 2230 g/mol. The molecule has 12 atom stereocenters. The van der Waals surface area contributed by atoms with Crippen LogP contribution >= 0.6 is 49.9 Å². The Bertz CT molecular complexity index is 5090. The van der Waals surface area contributed by atoms with Crippen LogP contribution in [0.25, 0.3) is 0 Å². The van der Waals surface area contributed by atoms with Crippen LogP contribution in [-0.4, -0.2) is 271 Å². The molecule has 10 rings (SSSR count). The molecule has 150 heavy (non-hydrogen) atoms. The van der Waals surface area contributed by atoms with E-state index in [0.29, 0.717) is 62.6 Å². The fraction of sp³-hybridized carbons (Fsp3) is 0.370. The molecule has 6 aromatic heterocycles. The normalized spacial score (nSPS) is 12.7. The summed E-state index contributed by atoms with van der Waals surface area (Å²) in [5, 5.41) is 128. The Morgan fingerprint density at radius 2 is 0.753 bits per heavy atom. The molecule has 0 amide bonds. The standard InChI is InChI=1S/C13H19NO2.C10H10F3NO2.C10H13NO2.C9H10BrNO2.3C8H10N2O2.2C7H9NO2S.C7H15NO2.C6H8N2O2S.C4H9NO2.C3H7NO2/c1-13(2,3)10-6-4-9(5-7-10)8-11(14)12(15)16;11-10(12,13)7-3-1-6(2-4-7)5-8(14)9(15)16;1-11-9(10(12)13)7-8-5-3-2-4-6-8;10-7-3-1-6(2-4-7)5-8(11)9(12)13;9-7(8(11)12)5-6-1-3-10-4-2-6;9-7(8(11)12)4-6-2-1-3-10-5-6;9-7(8(11)12)5-6-3-1-2-4-10-6;8-6(7(9)10)3-5-1-2-11-4-5;8-6(7(9)10)4-5-2-1-3-11-5;1-3-4-5-6(8-2)7(9)10;7-5(6(9)10)1-4-2-11-3-8-4;1-3(5-2)4(6)7;1-4-2-3(5)6/h4-7,11H,8,14H2,1-3H3,(H,15,16);1-4,8H,5,14H2,(H,15,16);2-6,9,11H,7H2,1H3,(H,12,13);1-4,8H,5,11H2,(H,12,13);1-4,7H,5,9H2,(H,11,12);1-3,5,7H,4,9H2,(H,11,12);1-4,7H,5,9H2,(H,11,12);1-2,4,6H,3,8H2,(H,9,10);1-3,6H,4,8H2,(H,9,10);6,8H,3-5H2,1-2H3,(H,9,10);2-3,5H,1,7H2,(H,9,10);3,5H,1-2H3,(H,6,7);4H,2H2,1H3,(H,5,6)/t11-;8-;9-;8-;3*7-;3*6-;5-;3-;/m000000000000./s1. The maximum Gasteiger partial charge on any atom is 0.416 e. The highest BCUT2D eigenvalue weighted by atomic mass is 79.9. The molecule has 35 N–H and O–H groups in total. The lowest BCUT2D eigenvalue weighted by Crippen LogP contribution is -2.35. The van der Waals surface area contributed by atoms with Crippen LogP contribution in [0.1, 0.15) is 120 Å². The number of carboxylic acid groups (broad SMARTS) is 13. The molecule has 0 aliphatic heterocycles. The minimum absolute atomic E-state index is 0.00741. The molecule has 0 fully saturated rings.